The molecule has 0 amide bonds. The fourth-order valence-electron chi connectivity index (χ4n) is 1.33. The number of hydrogen-bond acceptors (Lipinski definition) is 2. The van der Waals surface area contributed by atoms with E-state index < -0.39 is 18.8 Å². The van der Waals surface area contributed by atoms with Gasteiger partial charge >= 0.3 is 6.18 Å². The molecule has 1 unspecified atom stereocenters. The van der Waals surface area contributed by atoms with Gasteiger partial charge in [-0.1, -0.05) is 17.7 Å². The van der Waals surface area contributed by atoms with Gasteiger partial charge in [-0.3, -0.25) is 0 Å². The standard InChI is InChI=1S/C11H14F3NO/c1-7-3-4-9(8(2)5-7)16-10(6-15)11(12,13)14/h3-5,10H,6,15H2,1-2H3. The molecular weight excluding hydrogens is 219 g/mol. The predicted octanol–water partition coefficient (Wildman–Crippen LogP) is 2.57. The Labute approximate surface area is 92.2 Å². The van der Waals surface area contributed by atoms with Crippen LogP contribution in [-0.4, -0.2) is 18.8 Å². The first-order valence-electron chi connectivity index (χ1n) is 4.85. The second-order valence-electron chi connectivity index (χ2n) is 3.65. The zero-order valence-corrected chi connectivity index (χ0v) is 9.14. The molecule has 16 heavy (non-hydrogen) atoms. The highest BCUT2D eigenvalue weighted by Gasteiger charge is 2.40. The maximum atomic E-state index is 12.4. The Morgan fingerprint density at radius 2 is 1.94 bits per heavy atom. The monoisotopic (exact) mass is 233 g/mol. The van der Waals surface area contributed by atoms with Crippen LogP contribution in [0.4, 0.5) is 13.2 Å². The molecule has 0 radical (unpaired) electrons. The van der Waals surface area contributed by atoms with Crippen LogP contribution in [0.15, 0.2) is 18.2 Å². The zero-order valence-electron chi connectivity index (χ0n) is 9.14. The van der Waals surface area contributed by atoms with Gasteiger partial charge in [-0.05, 0) is 25.5 Å². The van der Waals surface area contributed by atoms with E-state index in [1.165, 1.54) is 6.07 Å². The largest absolute Gasteiger partial charge is 0.479 e. The van der Waals surface area contributed by atoms with Crippen molar-refractivity contribution in [3.05, 3.63) is 29.3 Å². The number of aryl methyl sites for hydroxylation is 2. The maximum absolute atomic E-state index is 12.4. The Kier molecular flexibility index (Phi) is 3.80. The number of nitrogens with two attached hydrogens (primary N) is 1. The number of halogens is 3. The highest BCUT2D eigenvalue weighted by Crippen LogP contribution is 2.27. The molecule has 2 nitrogen and oxygen atoms in total. The molecular formula is C11H14F3NO. The molecule has 0 heterocycles. The van der Waals surface area contributed by atoms with Crippen molar-refractivity contribution in [3.63, 3.8) is 0 Å². The van der Waals surface area contributed by atoms with Crippen molar-refractivity contribution in [1.82, 2.24) is 0 Å². The summed E-state index contributed by atoms with van der Waals surface area (Å²) in [5.74, 6) is 0.221. The molecule has 1 aromatic carbocycles. The highest BCUT2D eigenvalue weighted by atomic mass is 19.4. The molecule has 90 valence electrons. The lowest BCUT2D eigenvalue weighted by Gasteiger charge is -2.21. The van der Waals surface area contributed by atoms with Crippen molar-refractivity contribution < 1.29 is 17.9 Å². The number of benzene rings is 1. The first-order valence-corrected chi connectivity index (χ1v) is 4.85. The van der Waals surface area contributed by atoms with Crippen molar-refractivity contribution >= 4 is 0 Å². The Hall–Kier alpha value is -1.23. The molecule has 2 N–H and O–H groups in total. The third-order valence-corrected chi connectivity index (χ3v) is 2.18. The van der Waals surface area contributed by atoms with Gasteiger partial charge in [0.2, 0.25) is 6.10 Å². The molecule has 0 aliphatic heterocycles. The number of rotatable bonds is 3. The van der Waals surface area contributed by atoms with E-state index in [1.54, 1.807) is 19.1 Å². The van der Waals surface area contributed by atoms with Crippen LogP contribution in [0.3, 0.4) is 0 Å². The Morgan fingerprint density at radius 1 is 1.31 bits per heavy atom. The summed E-state index contributed by atoms with van der Waals surface area (Å²) in [6.07, 6.45) is -6.39. The fraction of sp³-hybridized carbons (Fsp3) is 0.455. The SMILES string of the molecule is Cc1ccc(OC(CN)C(F)(F)F)c(C)c1. The number of alkyl halides is 3. The lowest BCUT2D eigenvalue weighted by atomic mass is 10.1. The van der Waals surface area contributed by atoms with Gasteiger partial charge in [0.1, 0.15) is 5.75 Å². The summed E-state index contributed by atoms with van der Waals surface area (Å²) in [5, 5.41) is 0. The molecule has 0 fully saturated rings. The quantitative estimate of drug-likeness (QED) is 0.870. The Bertz CT molecular complexity index is 363. The average molecular weight is 233 g/mol. The minimum Gasteiger partial charge on any atom is -0.479 e. The highest BCUT2D eigenvalue weighted by molar-refractivity contribution is 5.35. The molecule has 1 aromatic rings. The van der Waals surface area contributed by atoms with E-state index in [2.05, 4.69) is 0 Å². The second kappa shape index (κ2) is 4.74. The van der Waals surface area contributed by atoms with Crippen LogP contribution in [0.5, 0.6) is 5.75 Å². The Balaban J connectivity index is 2.86. The molecule has 0 saturated carbocycles. The van der Waals surface area contributed by atoms with E-state index in [4.69, 9.17) is 10.5 Å². The van der Waals surface area contributed by atoms with Gasteiger partial charge in [0, 0.05) is 6.54 Å². The average Bonchev–Trinajstić information content (AvgIpc) is 2.14. The lowest BCUT2D eigenvalue weighted by molar-refractivity contribution is -0.191. The van der Waals surface area contributed by atoms with Crippen LogP contribution in [0.1, 0.15) is 11.1 Å². The summed E-state index contributed by atoms with van der Waals surface area (Å²) >= 11 is 0. The van der Waals surface area contributed by atoms with Gasteiger partial charge in [0.25, 0.3) is 0 Å². The Morgan fingerprint density at radius 3 is 2.38 bits per heavy atom. The molecule has 0 aliphatic carbocycles. The summed E-state index contributed by atoms with van der Waals surface area (Å²) in [6, 6.07) is 4.99. The van der Waals surface area contributed by atoms with Crippen LogP contribution < -0.4 is 10.5 Å². The first-order chi connectivity index (χ1) is 7.34. The van der Waals surface area contributed by atoms with E-state index in [0.29, 0.717) is 5.56 Å². The van der Waals surface area contributed by atoms with Gasteiger partial charge < -0.3 is 10.5 Å². The third kappa shape index (κ3) is 3.13. The van der Waals surface area contributed by atoms with Crippen molar-refractivity contribution in [2.75, 3.05) is 6.54 Å². The van der Waals surface area contributed by atoms with Crippen molar-refractivity contribution in [3.8, 4) is 5.75 Å². The minimum atomic E-state index is -4.44. The van der Waals surface area contributed by atoms with Gasteiger partial charge in [0.15, 0.2) is 0 Å². The van der Waals surface area contributed by atoms with Gasteiger partial charge in [-0.2, -0.15) is 13.2 Å². The fourth-order valence-corrected chi connectivity index (χ4v) is 1.33. The minimum absolute atomic E-state index is 0.221. The molecule has 0 bridgehead atoms. The van der Waals surface area contributed by atoms with Crippen LogP contribution in [0.2, 0.25) is 0 Å². The van der Waals surface area contributed by atoms with Crippen LogP contribution in [0.25, 0.3) is 0 Å². The molecule has 0 spiro atoms. The molecule has 1 rings (SSSR count). The van der Waals surface area contributed by atoms with Crippen molar-refractivity contribution in [2.24, 2.45) is 5.73 Å². The summed E-state index contributed by atoms with van der Waals surface area (Å²) in [4.78, 5) is 0. The summed E-state index contributed by atoms with van der Waals surface area (Å²) < 4.78 is 42.1. The number of hydrogen-bond donors (Lipinski definition) is 1. The first kappa shape index (κ1) is 12.8. The van der Waals surface area contributed by atoms with Gasteiger partial charge in [-0.25, -0.2) is 0 Å². The summed E-state index contributed by atoms with van der Waals surface area (Å²) in [7, 11) is 0. The topological polar surface area (TPSA) is 35.2 Å². The van der Waals surface area contributed by atoms with Crippen LogP contribution in [-0.2, 0) is 0 Å². The zero-order chi connectivity index (χ0) is 12.3. The second-order valence-corrected chi connectivity index (χ2v) is 3.65. The van der Waals surface area contributed by atoms with Crippen molar-refractivity contribution in [2.45, 2.75) is 26.1 Å². The van der Waals surface area contributed by atoms with E-state index in [0.717, 1.165) is 5.56 Å². The van der Waals surface area contributed by atoms with Crippen LogP contribution in [0, 0.1) is 13.8 Å². The molecule has 0 aromatic heterocycles. The smallest absolute Gasteiger partial charge is 0.426 e. The normalized spacial score (nSPS) is 13.6. The number of ether oxygens (including phenoxy) is 1. The van der Waals surface area contributed by atoms with Crippen molar-refractivity contribution in [1.29, 1.82) is 0 Å². The van der Waals surface area contributed by atoms with E-state index in [9.17, 15) is 13.2 Å². The molecule has 1 atom stereocenters. The molecule has 0 saturated heterocycles. The summed E-state index contributed by atoms with van der Waals surface area (Å²) in [6.45, 7) is 2.98. The van der Waals surface area contributed by atoms with Gasteiger partial charge in [0.05, 0.1) is 0 Å². The van der Waals surface area contributed by atoms with Crippen LogP contribution >= 0.6 is 0 Å². The van der Waals surface area contributed by atoms with E-state index >= 15 is 0 Å². The molecule has 5 heteroatoms. The molecule has 0 aliphatic rings. The van der Waals surface area contributed by atoms with E-state index in [-0.39, 0.29) is 5.75 Å². The third-order valence-electron chi connectivity index (χ3n) is 2.18. The van der Waals surface area contributed by atoms with Gasteiger partial charge in [-0.15, -0.1) is 0 Å². The maximum Gasteiger partial charge on any atom is 0.426 e. The predicted molar refractivity (Wildman–Crippen MR) is 55.4 cm³/mol. The van der Waals surface area contributed by atoms with E-state index in [1.807, 2.05) is 6.92 Å². The lowest BCUT2D eigenvalue weighted by Crippen LogP contribution is -2.40. The summed E-state index contributed by atoms with van der Waals surface area (Å²) in [5.41, 5.74) is 6.68.